The molecule has 3 N–H and O–H groups in total. The van der Waals surface area contributed by atoms with E-state index in [0.717, 1.165) is 0 Å². The number of nitrogens with one attached hydrogen (secondary N) is 1. The van der Waals surface area contributed by atoms with E-state index in [9.17, 15) is 4.39 Å². The number of fused-ring (bicyclic) bond motifs is 1. The summed E-state index contributed by atoms with van der Waals surface area (Å²) in [6.07, 6.45) is 0. The number of oxazole rings is 1. The molecule has 0 spiro atoms. The number of halogens is 2. The number of nitrogens with zero attached hydrogens (tertiary/aromatic N) is 1. The molecule has 0 saturated heterocycles. The van der Waals surface area contributed by atoms with Crippen LogP contribution < -0.4 is 11.1 Å². The Bertz CT molecular complexity index is 757. The highest BCUT2D eigenvalue weighted by Gasteiger charge is 2.08. The topological polar surface area (TPSA) is 64.1 Å². The first kappa shape index (κ1) is 12.0. The fourth-order valence-corrected chi connectivity index (χ4v) is 2.15. The van der Waals surface area contributed by atoms with Crippen LogP contribution in [0.4, 0.5) is 21.8 Å². The molecule has 96 valence electrons. The smallest absolute Gasteiger partial charge is 0.300 e. The Morgan fingerprint density at radius 3 is 2.84 bits per heavy atom. The Morgan fingerprint density at radius 2 is 2.05 bits per heavy atom. The average Bonchev–Trinajstić information content (AvgIpc) is 2.74. The van der Waals surface area contributed by atoms with Crippen molar-refractivity contribution in [3.8, 4) is 0 Å². The van der Waals surface area contributed by atoms with Gasteiger partial charge in [-0.05, 0) is 52.3 Å². The predicted molar refractivity (Wildman–Crippen MR) is 75.8 cm³/mol. The first-order valence-electron chi connectivity index (χ1n) is 5.50. The molecule has 0 atom stereocenters. The number of rotatable bonds is 2. The Hall–Kier alpha value is -2.08. The van der Waals surface area contributed by atoms with E-state index in [4.69, 9.17) is 10.2 Å². The van der Waals surface area contributed by atoms with Gasteiger partial charge in [0.2, 0.25) is 0 Å². The molecule has 3 rings (SSSR count). The zero-order valence-electron chi connectivity index (χ0n) is 9.65. The summed E-state index contributed by atoms with van der Waals surface area (Å²) in [6, 6.07) is 9.87. The number of hydrogen-bond acceptors (Lipinski definition) is 4. The summed E-state index contributed by atoms with van der Waals surface area (Å²) < 4.78 is 19.1. The van der Waals surface area contributed by atoms with Crippen LogP contribution in [0.5, 0.6) is 0 Å². The van der Waals surface area contributed by atoms with Gasteiger partial charge in [-0.3, -0.25) is 0 Å². The number of aromatic nitrogens is 1. The predicted octanol–water partition coefficient (Wildman–Crippen LogP) is 4.06. The van der Waals surface area contributed by atoms with Gasteiger partial charge in [-0.1, -0.05) is 0 Å². The minimum atomic E-state index is -0.317. The summed E-state index contributed by atoms with van der Waals surface area (Å²) in [7, 11) is 0. The van der Waals surface area contributed by atoms with Crippen LogP contribution >= 0.6 is 15.9 Å². The van der Waals surface area contributed by atoms with Crippen LogP contribution in [0, 0.1) is 5.82 Å². The third-order valence-electron chi connectivity index (χ3n) is 2.58. The number of nitrogens with two attached hydrogens (primary N) is 1. The van der Waals surface area contributed by atoms with Gasteiger partial charge in [0.15, 0.2) is 5.58 Å². The number of benzene rings is 2. The zero-order valence-corrected chi connectivity index (χ0v) is 11.2. The lowest BCUT2D eigenvalue weighted by Gasteiger charge is -2.03. The van der Waals surface area contributed by atoms with Crippen molar-refractivity contribution in [2.24, 2.45) is 0 Å². The van der Waals surface area contributed by atoms with Gasteiger partial charge < -0.3 is 15.5 Å². The Balaban J connectivity index is 1.96. The highest BCUT2D eigenvalue weighted by Crippen LogP contribution is 2.28. The third kappa shape index (κ3) is 2.39. The maximum Gasteiger partial charge on any atom is 0.300 e. The fourth-order valence-electron chi connectivity index (χ4n) is 1.70. The average molecular weight is 322 g/mol. The van der Waals surface area contributed by atoms with E-state index in [2.05, 4.69) is 26.2 Å². The molecule has 6 heteroatoms. The molecule has 4 nitrogen and oxygen atoms in total. The molecule has 3 aromatic rings. The maximum atomic E-state index is 13.0. The minimum Gasteiger partial charge on any atom is -0.423 e. The largest absolute Gasteiger partial charge is 0.423 e. The second kappa shape index (κ2) is 4.55. The van der Waals surface area contributed by atoms with E-state index in [-0.39, 0.29) is 5.82 Å². The van der Waals surface area contributed by atoms with Crippen LogP contribution in [0.2, 0.25) is 0 Å². The summed E-state index contributed by atoms with van der Waals surface area (Å²) in [6.45, 7) is 0. The number of anilines is 3. The van der Waals surface area contributed by atoms with Crippen molar-refractivity contribution in [3.63, 3.8) is 0 Å². The van der Waals surface area contributed by atoms with Crippen molar-refractivity contribution in [2.75, 3.05) is 11.1 Å². The highest BCUT2D eigenvalue weighted by atomic mass is 79.9. The van der Waals surface area contributed by atoms with Crippen LogP contribution in [-0.4, -0.2) is 4.98 Å². The van der Waals surface area contributed by atoms with Crippen molar-refractivity contribution in [1.29, 1.82) is 0 Å². The van der Waals surface area contributed by atoms with E-state index in [0.29, 0.717) is 33.0 Å². The lowest BCUT2D eigenvalue weighted by Crippen LogP contribution is -1.91. The molecule has 0 fully saturated rings. The molecule has 0 aliphatic carbocycles. The SMILES string of the molecule is Nc1ccc2oc(Nc3ccc(F)cc3Br)nc2c1. The molecule has 0 amide bonds. The van der Waals surface area contributed by atoms with Crippen LogP contribution in [0.25, 0.3) is 11.1 Å². The molecule has 1 aromatic heterocycles. The molecule has 0 saturated carbocycles. The molecular formula is C13H9BrFN3O. The third-order valence-corrected chi connectivity index (χ3v) is 3.24. The van der Waals surface area contributed by atoms with E-state index < -0.39 is 0 Å². The van der Waals surface area contributed by atoms with E-state index in [1.54, 1.807) is 24.3 Å². The van der Waals surface area contributed by atoms with E-state index in [1.807, 2.05) is 0 Å². The van der Waals surface area contributed by atoms with Gasteiger partial charge in [-0.15, -0.1) is 0 Å². The Kier molecular flexibility index (Phi) is 2.87. The normalized spacial score (nSPS) is 10.8. The quantitative estimate of drug-likeness (QED) is 0.699. The summed E-state index contributed by atoms with van der Waals surface area (Å²) in [5.74, 6) is -0.317. The van der Waals surface area contributed by atoms with Gasteiger partial charge in [0.1, 0.15) is 11.3 Å². The number of nitrogen functional groups attached to an aromatic ring is 1. The molecule has 0 bridgehead atoms. The molecular weight excluding hydrogens is 313 g/mol. The Morgan fingerprint density at radius 1 is 1.21 bits per heavy atom. The molecule has 0 unspecified atom stereocenters. The van der Waals surface area contributed by atoms with Crippen molar-refractivity contribution in [2.45, 2.75) is 0 Å². The first-order valence-corrected chi connectivity index (χ1v) is 6.29. The molecule has 0 aliphatic heterocycles. The lowest BCUT2D eigenvalue weighted by atomic mass is 10.3. The highest BCUT2D eigenvalue weighted by molar-refractivity contribution is 9.10. The molecule has 0 aliphatic rings. The summed E-state index contributed by atoms with van der Waals surface area (Å²) in [5, 5.41) is 2.98. The van der Waals surface area contributed by atoms with Gasteiger partial charge in [-0.2, -0.15) is 4.98 Å². The van der Waals surface area contributed by atoms with Crippen LogP contribution in [0.3, 0.4) is 0 Å². The summed E-state index contributed by atoms with van der Waals surface area (Å²) >= 11 is 3.27. The first-order chi connectivity index (χ1) is 9.11. The Labute approximate surface area is 116 Å². The van der Waals surface area contributed by atoms with Crippen molar-refractivity contribution < 1.29 is 8.81 Å². The van der Waals surface area contributed by atoms with Crippen molar-refractivity contribution >= 4 is 44.4 Å². The summed E-state index contributed by atoms with van der Waals surface area (Å²) in [4.78, 5) is 4.26. The minimum absolute atomic E-state index is 0.317. The maximum absolute atomic E-state index is 13.0. The van der Waals surface area contributed by atoms with Crippen molar-refractivity contribution in [3.05, 3.63) is 46.7 Å². The van der Waals surface area contributed by atoms with Crippen LogP contribution in [0.15, 0.2) is 45.3 Å². The monoisotopic (exact) mass is 321 g/mol. The molecule has 0 radical (unpaired) electrons. The summed E-state index contributed by atoms with van der Waals surface area (Å²) in [5.41, 5.74) is 8.26. The lowest BCUT2D eigenvalue weighted by molar-refractivity contribution is 0.620. The van der Waals surface area contributed by atoms with E-state index >= 15 is 0 Å². The van der Waals surface area contributed by atoms with Crippen molar-refractivity contribution in [1.82, 2.24) is 4.98 Å². The van der Waals surface area contributed by atoms with Gasteiger partial charge in [-0.25, -0.2) is 4.39 Å². The van der Waals surface area contributed by atoms with Gasteiger partial charge in [0.25, 0.3) is 6.01 Å². The van der Waals surface area contributed by atoms with Gasteiger partial charge in [0.05, 0.1) is 5.69 Å². The van der Waals surface area contributed by atoms with Gasteiger partial charge in [0, 0.05) is 10.2 Å². The fraction of sp³-hybridized carbons (Fsp3) is 0. The van der Waals surface area contributed by atoms with Gasteiger partial charge >= 0.3 is 0 Å². The van der Waals surface area contributed by atoms with Crippen LogP contribution in [0.1, 0.15) is 0 Å². The second-order valence-corrected chi connectivity index (χ2v) is 4.85. The second-order valence-electron chi connectivity index (χ2n) is 4.00. The zero-order chi connectivity index (χ0) is 13.4. The number of hydrogen-bond donors (Lipinski definition) is 2. The molecule has 2 aromatic carbocycles. The van der Waals surface area contributed by atoms with E-state index in [1.165, 1.54) is 12.1 Å². The molecule has 1 heterocycles. The van der Waals surface area contributed by atoms with Crippen LogP contribution in [-0.2, 0) is 0 Å². The standard InChI is InChI=1S/C13H9BrFN3O/c14-9-5-7(15)1-3-10(9)17-13-18-11-6-8(16)2-4-12(11)19-13/h1-6H,16H2,(H,17,18). The molecule has 19 heavy (non-hydrogen) atoms.